The number of nitrogens with one attached hydrogen (secondary N) is 3. The number of carbonyl (C=O) groups excluding carboxylic acids is 3. The van der Waals surface area contributed by atoms with E-state index in [1.165, 1.54) is 11.3 Å². The smallest absolute Gasteiger partial charge is 0.408 e. The van der Waals surface area contributed by atoms with E-state index in [4.69, 9.17) is 16.2 Å². The summed E-state index contributed by atoms with van der Waals surface area (Å²) in [5.74, 6) is 0.369. The Labute approximate surface area is 282 Å². The van der Waals surface area contributed by atoms with Gasteiger partial charge in [-0.25, -0.2) is 4.79 Å². The molecule has 0 radical (unpaired) electrons. The fraction of sp³-hybridized carbons (Fsp3) is 0.457. The molecule has 3 rings (SSSR count). The largest absolute Gasteiger partial charge is 0.444 e. The molecule has 0 fully saturated rings. The van der Waals surface area contributed by atoms with Gasteiger partial charge in [-0.05, 0) is 89.0 Å². The summed E-state index contributed by atoms with van der Waals surface area (Å²) < 4.78 is 5.38. The molecule has 0 aliphatic heterocycles. The van der Waals surface area contributed by atoms with Gasteiger partial charge in [0.15, 0.2) is 0 Å². The topological polar surface area (TPSA) is 174 Å². The van der Waals surface area contributed by atoms with Gasteiger partial charge in [-0.15, -0.1) is 10.2 Å². The van der Waals surface area contributed by atoms with Crippen LogP contribution in [0.3, 0.4) is 0 Å². The van der Waals surface area contributed by atoms with E-state index >= 15 is 0 Å². The zero-order valence-electron chi connectivity index (χ0n) is 28.3. The molecular weight excluding hydrogens is 614 g/mol. The second kappa shape index (κ2) is 16.9. The highest BCUT2D eigenvalue weighted by molar-refractivity contribution is 7.15. The van der Waals surface area contributed by atoms with Crippen LogP contribution in [-0.4, -0.2) is 33.7 Å². The van der Waals surface area contributed by atoms with Gasteiger partial charge in [-0.3, -0.25) is 9.59 Å². The van der Waals surface area contributed by atoms with E-state index in [0.717, 1.165) is 35.4 Å². The molecule has 2 aromatic rings. The molecule has 3 amide bonds. The molecule has 1 aromatic carbocycles. The molecule has 0 spiro atoms. The molecule has 7 N–H and O–H groups in total. The second-order valence-corrected chi connectivity index (χ2v) is 14.4. The van der Waals surface area contributed by atoms with Crippen molar-refractivity contribution >= 4 is 34.4 Å². The van der Waals surface area contributed by atoms with Crippen LogP contribution in [0, 0.1) is 11.8 Å². The number of anilines is 1. The van der Waals surface area contributed by atoms with E-state index in [0.29, 0.717) is 29.6 Å². The Hall–Kier alpha value is -4.45. The minimum atomic E-state index is -0.711. The van der Waals surface area contributed by atoms with Crippen molar-refractivity contribution < 1.29 is 19.1 Å². The highest BCUT2D eigenvalue weighted by atomic mass is 32.1. The zero-order chi connectivity index (χ0) is 34.6. The third-order valence-electron chi connectivity index (χ3n) is 7.39. The van der Waals surface area contributed by atoms with Gasteiger partial charge in [0.2, 0.25) is 16.9 Å². The van der Waals surface area contributed by atoms with Crippen LogP contribution in [0.2, 0.25) is 0 Å². The van der Waals surface area contributed by atoms with E-state index in [-0.39, 0.29) is 30.0 Å². The van der Waals surface area contributed by atoms with Crippen molar-refractivity contribution in [2.75, 3.05) is 5.32 Å². The Morgan fingerprint density at radius 2 is 1.74 bits per heavy atom. The quantitative estimate of drug-likeness (QED) is 0.126. The summed E-state index contributed by atoms with van der Waals surface area (Å²) in [4.78, 5) is 37.4. The van der Waals surface area contributed by atoms with Crippen molar-refractivity contribution in [1.29, 1.82) is 0 Å². The number of ether oxygens (including phenoxy) is 1. The first-order valence-corrected chi connectivity index (χ1v) is 16.7. The molecule has 1 aliphatic rings. The van der Waals surface area contributed by atoms with Gasteiger partial charge < -0.3 is 32.2 Å². The molecule has 1 aromatic heterocycles. The number of allylic oxidation sites excluding steroid dienone is 7. The number of hydrogen-bond acceptors (Lipinski definition) is 9. The first-order chi connectivity index (χ1) is 22.1. The Morgan fingerprint density at radius 3 is 2.47 bits per heavy atom. The van der Waals surface area contributed by atoms with Crippen molar-refractivity contribution in [2.45, 2.75) is 91.2 Å². The molecule has 47 heavy (non-hydrogen) atoms. The summed E-state index contributed by atoms with van der Waals surface area (Å²) in [6.07, 6.45) is 14.5. The average Bonchev–Trinajstić information content (AvgIpc) is 3.41. The van der Waals surface area contributed by atoms with Crippen LogP contribution in [0.5, 0.6) is 0 Å². The van der Waals surface area contributed by atoms with Gasteiger partial charge in [0.05, 0.1) is 12.0 Å². The van der Waals surface area contributed by atoms with Gasteiger partial charge in [-0.2, -0.15) is 0 Å². The number of aryl methyl sites for hydroxylation is 1. The third-order valence-corrected chi connectivity index (χ3v) is 8.29. The highest BCUT2D eigenvalue weighted by Gasteiger charge is 2.26. The number of nitrogens with two attached hydrogens (primary N) is 2. The maximum Gasteiger partial charge on any atom is 0.408 e. The number of benzene rings is 1. The number of alkyl carbamates (subject to hydrolysis) is 1. The van der Waals surface area contributed by atoms with Crippen LogP contribution in [0.25, 0.3) is 0 Å². The van der Waals surface area contributed by atoms with Crippen LogP contribution < -0.4 is 27.4 Å². The highest BCUT2D eigenvalue weighted by Crippen LogP contribution is 2.25. The molecule has 254 valence electrons. The Kier molecular flexibility index (Phi) is 13.3. The fourth-order valence-corrected chi connectivity index (χ4v) is 5.62. The predicted octanol–water partition coefficient (Wildman–Crippen LogP) is 5.72. The van der Waals surface area contributed by atoms with Crippen molar-refractivity contribution in [3.63, 3.8) is 0 Å². The average molecular weight is 664 g/mol. The molecule has 0 saturated heterocycles. The molecule has 12 heteroatoms. The summed E-state index contributed by atoms with van der Waals surface area (Å²) in [7, 11) is 0. The Morgan fingerprint density at radius 1 is 1.00 bits per heavy atom. The first-order valence-electron chi connectivity index (χ1n) is 15.9. The lowest BCUT2D eigenvalue weighted by Crippen LogP contribution is -2.43. The summed E-state index contributed by atoms with van der Waals surface area (Å²) in [5.41, 5.74) is 13.1. The molecule has 11 nitrogen and oxygen atoms in total. The van der Waals surface area contributed by atoms with E-state index < -0.39 is 17.2 Å². The lowest BCUT2D eigenvalue weighted by molar-refractivity contribution is -0.120. The molecule has 1 heterocycles. The van der Waals surface area contributed by atoms with Crippen molar-refractivity contribution in [3.05, 3.63) is 88.4 Å². The monoisotopic (exact) mass is 663 g/mol. The van der Waals surface area contributed by atoms with Crippen LogP contribution in [0.4, 0.5) is 9.93 Å². The van der Waals surface area contributed by atoms with Gasteiger partial charge in [0, 0.05) is 18.5 Å². The second-order valence-electron chi connectivity index (χ2n) is 13.3. The fourth-order valence-electron chi connectivity index (χ4n) is 4.83. The third kappa shape index (κ3) is 13.4. The molecule has 1 aliphatic carbocycles. The maximum atomic E-state index is 12.7. The van der Waals surface area contributed by atoms with Gasteiger partial charge in [-0.1, -0.05) is 66.8 Å². The van der Waals surface area contributed by atoms with Crippen molar-refractivity contribution in [1.82, 2.24) is 20.8 Å². The molecule has 2 atom stereocenters. The van der Waals surface area contributed by atoms with Crippen LogP contribution >= 0.6 is 11.3 Å². The maximum absolute atomic E-state index is 12.7. The van der Waals surface area contributed by atoms with Gasteiger partial charge in [0.25, 0.3) is 0 Å². The molecular formula is C35H49N7O4S. The van der Waals surface area contributed by atoms with E-state index in [1.807, 2.05) is 71.0 Å². The zero-order valence-corrected chi connectivity index (χ0v) is 29.1. The number of carbonyl (C=O) groups is 3. The lowest BCUT2D eigenvalue weighted by atomic mass is 9.87. The number of nitrogens with zero attached hydrogens (tertiary/aromatic N) is 2. The van der Waals surface area contributed by atoms with Crippen LogP contribution in [0.15, 0.2) is 72.2 Å². The van der Waals surface area contributed by atoms with E-state index in [9.17, 15) is 14.4 Å². The number of aromatic nitrogens is 2. The standard InChI is InChI=1S/C35H49N7O4S/c1-23-12-7-8-14-25(23)22-30(44)39-32-42-41-31(47-32)17-10-9-16-27(36)18-19-28(37)38-29(43)21-24-13-11-15-26(20-24)35(5,6)40-33(45)46-34(2,3)4/h7-8,11-15,18-20,23,25H,9-10,16-17,21-22,36-37H2,1-6H3,(H,38,43)(H,40,45)(H,39,42,44)/b27-18-,28-19+. The summed E-state index contributed by atoms with van der Waals surface area (Å²) in [6.45, 7) is 11.3. The number of unbranched alkanes of at least 4 members (excludes halogenated alkanes) is 1. The summed E-state index contributed by atoms with van der Waals surface area (Å²) in [5, 5.41) is 18.1. The van der Waals surface area contributed by atoms with E-state index in [1.54, 1.807) is 12.2 Å². The SMILES string of the molecule is CC1C=CC=CC1CC(=O)Nc1nnc(CCCC/C(N)=C/C=C(\N)NC(=O)Cc2cccc(C(C)(C)NC(=O)OC(C)(C)C)c2)s1. The number of amides is 3. The van der Waals surface area contributed by atoms with E-state index in [2.05, 4.69) is 45.2 Å². The lowest BCUT2D eigenvalue weighted by Gasteiger charge is -2.29. The van der Waals surface area contributed by atoms with Crippen molar-refractivity contribution in [3.8, 4) is 0 Å². The Bertz CT molecular complexity index is 1520. The van der Waals surface area contributed by atoms with Gasteiger partial charge in [0.1, 0.15) is 16.4 Å². The summed E-state index contributed by atoms with van der Waals surface area (Å²) in [6, 6.07) is 7.46. The molecule has 0 saturated carbocycles. The number of hydrogen-bond donors (Lipinski definition) is 5. The Balaban J connectivity index is 1.39. The van der Waals surface area contributed by atoms with Crippen LogP contribution in [-0.2, 0) is 32.7 Å². The molecule has 2 unspecified atom stereocenters. The van der Waals surface area contributed by atoms with Crippen LogP contribution in [0.1, 0.15) is 83.4 Å². The molecule has 0 bridgehead atoms. The summed E-state index contributed by atoms with van der Waals surface area (Å²) >= 11 is 1.39. The minimum Gasteiger partial charge on any atom is -0.444 e. The van der Waals surface area contributed by atoms with Gasteiger partial charge >= 0.3 is 6.09 Å². The minimum absolute atomic E-state index is 0.0612. The van der Waals surface area contributed by atoms with Crippen molar-refractivity contribution in [2.24, 2.45) is 23.3 Å². The predicted molar refractivity (Wildman–Crippen MR) is 187 cm³/mol. The first kappa shape index (κ1) is 37.0. The normalized spacial score (nSPS) is 16.9. The number of rotatable bonds is 14.